The number of ketones is 1. The van der Waals surface area contributed by atoms with Gasteiger partial charge >= 0.3 is 36.3 Å². The van der Waals surface area contributed by atoms with Crippen LogP contribution in [0.25, 0.3) is 0 Å². The molecule has 74 heavy (non-hydrogen) atoms. The summed E-state index contributed by atoms with van der Waals surface area (Å²) in [4.78, 5) is 99.4. The van der Waals surface area contributed by atoms with Crippen molar-refractivity contribution in [1.29, 1.82) is 0 Å². The fraction of sp³-hybridized carbons (Fsp3) is 0.571. The van der Waals surface area contributed by atoms with Crippen molar-refractivity contribution in [2.45, 2.75) is 135 Å². The van der Waals surface area contributed by atoms with E-state index in [1.807, 2.05) is 0 Å². The highest BCUT2D eigenvalue weighted by Gasteiger charge is 2.79. The minimum atomic E-state index is -2.66. The van der Waals surface area contributed by atoms with E-state index >= 15 is 4.79 Å². The molecule has 406 valence electrons. The third-order valence-corrected chi connectivity index (χ3v) is 14.3. The number of hydrogen-bond donors (Lipinski definition) is 3. The lowest BCUT2D eigenvalue weighted by Crippen LogP contribution is -2.82. The van der Waals surface area contributed by atoms with Crippen molar-refractivity contribution in [2.75, 3.05) is 19.8 Å². The molecule has 0 aromatic heterocycles. The van der Waals surface area contributed by atoms with Gasteiger partial charge in [-0.1, -0.05) is 132 Å². The van der Waals surface area contributed by atoms with Crippen LogP contribution < -0.4 is 5.32 Å². The van der Waals surface area contributed by atoms with Crippen LogP contribution in [0.15, 0.2) is 71.8 Å². The zero-order chi connectivity index (χ0) is 55.1. The first kappa shape index (κ1) is 58.9. The number of nitrogens with one attached hydrogen (secondary N) is 1. The van der Waals surface area contributed by atoms with Crippen molar-refractivity contribution in [2.24, 2.45) is 16.7 Å². The second kappa shape index (κ2) is 22.0. The van der Waals surface area contributed by atoms with E-state index < -0.39 is 159 Å². The first-order valence-electron chi connectivity index (χ1n) is 22.9. The lowest BCUT2D eigenvalue weighted by molar-refractivity contribution is -0.346. The van der Waals surface area contributed by atoms with Crippen LogP contribution in [0, 0.1) is 16.7 Å². The molecule has 1 unspecified atom stereocenters. The molecule has 2 bridgehead atoms. The van der Waals surface area contributed by atoms with Crippen LogP contribution in [0.3, 0.4) is 0 Å². The van der Waals surface area contributed by atoms with E-state index in [1.54, 1.807) is 45.0 Å². The van der Waals surface area contributed by atoms with Gasteiger partial charge in [0.15, 0.2) is 23.6 Å². The number of halogens is 6. The Hall–Kier alpha value is -4.31. The minimum absolute atomic E-state index is 0.0470. The first-order chi connectivity index (χ1) is 34.1. The van der Waals surface area contributed by atoms with E-state index in [2.05, 4.69) is 5.32 Å². The van der Waals surface area contributed by atoms with Gasteiger partial charge in [-0.25, -0.2) is 24.0 Å². The lowest BCUT2D eigenvalue weighted by atomic mass is 9.44. The molecule has 1 heterocycles. The standard InChI is InChI=1S/C49H55Cl6NO18/c1-24-28(69-39(61)33(58)32(26-15-11-9-12-16-26)56-40(62)74-43(3,4)5)20-47(65)37(72-38(60)27-17-13-10-14-18-27)35-45(8,36(59)34(31(24)44(47,6)7)71-42(64)68-23-49(53,54)55)29(70-41(63)67-22-48(50,51)52)19-30-46(35,21-66-30)73-25(2)57/h9-18,28-30,32-35,37,58,65H,19-23H2,1-8H3,(H,56,62)/t28-,29-,30+,32-,33+,34+,35?,37-,45+,46-,47+/m0/s1. The van der Waals surface area contributed by atoms with Crippen LogP contribution in [-0.2, 0) is 57.0 Å². The zero-order valence-corrected chi connectivity index (χ0v) is 45.7. The molecule has 3 aliphatic carbocycles. The van der Waals surface area contributed by atoms with Crippen molar-refractivity contribution in [3.8, 4) is 0 Å². The van der Waals surface area contributed by atoms with E-state index in [0.717, 1.165) is 6.92 Å². The van der Waals surface area contributed by atoms with Gasteiger partial charge in [-0.3, -0.25) is 9.59 Å². The third kappa shape index (κ3) is 12.4. The van der Waals surface area contributed by atoms with Gasteiger partial charge in [0.1, 0.15) is 48.8 Å². The van der Waals surface area contributed by atoms with E-state index in [9.17, 15) is 39.0 Å². The molecular formula is C49H55Cl6NO18. The van der Waals surface area contributed by atoms with Crippen LogP contribution in [-0.4, -0.2) is 133 Å². The van der Waals surface area contributed by atoms with E-state index in [4.69, 9.17) is 112 Å². The molecule has 19 nitrogen and oxygen atoms in total. The quantitative estimate of drug-likeness (QED) is 0.0781. The Morgan fingerprint density at radius 1 is 0.824 bits per heavy atom. The number of ether oxygens (including phenoxy) is 9. The molecule has 2 aromatic rings. The second-order valence-electron chi connectivity index (χ2n) is 20.1. The molecule has 1 amide bonds. The highest BCUT2D eigenvalue weighted by Crippen LogP contribution is 2.65. The molecule has 2 saturated carbocycles. The fourth-order valence-electron chi connectivity index (χ4n) is 10.3. The fourth-order valence-corrected chi connectivity index (χ4v) is 10.7. The summed E-state index contributed by atoms with van der Waals surface area (Å²) in [6.45, 7) is 9.11. The summed E-state index contributed by atoms with van der Waals surface area (Å²) >= 11 is 35.4. The molecule has 4 aliphatic rings. The molecule has 6 rings (SSSR count). The Kier molecular flexibility index (Phi) is 17.5. The Morgan fingerprint density at radius 3 is 1.89 bits per heavy atom. The number of amides is 1. The van der Waals surface area contributed by atoms with Gasteiger partial charge in [0, 0.05) is 25.2 Å². The molecule has 0 radical (unpaired) electrons. The summed E-state index contributed by atoms with van der Waals surface area (Å²) in [5, 5.41) is 28.4. The average Bonchev–Trinajstić information content (AvgIpc) is 3.29. The summed E-state index contributed by atoms with van der Waals surface area (Å²) in [5.74, 6) is -6.38. The number of Topliss-reactive ketones (excluding diaryl/α,β-unsaturated/α-hetero) is 1. The molecule has 3 fully saturated rings. The van der Waals surface area contributed by atoms with Crippen LogP contribution in [0.1, 0.15) is 90.2 Å². The monoisotopic (exact) mass is 1160 g/mol. The Labute approximate surface area is 455 Å². The third-order valence-electron chi connectivity index (χ3n) is 13.7. The van der Waals surface area contributed by atoms with E-state index in [-0.39, 0.29) is 22.3 Å². The molecular weight excluding hydrogens is 1100 g/mol. The van der Waals surface area contributed by atoms with Crippen LogP contribution >= 0.6 is 69.6 Å². The molecule has 25 heteroatoms. The van der Waals surface area contributed by atoms with Crippen LogP contribution in [0.5, 0.6) is 0 Å². The average molecular weight is 1160 g/mol. The Balaban J connectivity index is 1.61. The topological polar surface area (TPSA) is 255 Å². The van der Waals surface area contributed by atoms with Gasteiger partial charge in [-0.05, 0) is 63.5 Å². The summed E-state index contributed by atoms with van der Waals surface area (Å²) in [6, 6.07) is 13.8. The highest BCUT2D eigenvalue weighted by atomic mass is 35.6. The number of carbonyl (C=O) groups excluding carboxylic acids is 7. The van der Waals surface area contributed by atoms with Crippen molar-refractivity contribution >= 4 is 112 Å². The van der Waals surface area contributed by atoms with E-state index in [0.29, 0.717) is 0 Å². The predicted octanol–water partition coefficient (Wildman–Crippen LogP) is 8.32. The minimum Gasteiger partial charge on any atom is -0.456 e. The summed E-state index contributed by atoms with van der Waals surface area (Å²) in [6.07, 6.45) is -16.6. The number of aliphatic hydroxyl groups is 2. The van der Waals surface area contributed by atoms with Gasteiger partial charge in [0.2, 0.25) is 7.59 Å². The summed E-state index contributed by atoms with van der Waals surface area (Å²) in [5.41, 5.74) is -10.2. The van der Waals surface area contributed by atoms with E-state index in [1.165, 1.54) is 64.1 Å². The van der Waals surface area contributed by atoms with Crippen molar-refractivity contribution in [3.05, 3.63) is 82.9 Å². The molecule has 1 aliphatic heterocycles. The van der Waals surface area contributed by atoms with Crippen LogP contribution in [0.4, 0.5) is 14.4 Å². The van der Waals surface area contributed by atoms with Gasteiger partial charge in [-0.2, -0.15) is 0 Å². The largest absolute Gasteiger partial charge is 0.509 e. The lowest BCUT2D eigenvalue weighted by Gasteiger charge is -2.67. The number of rotatable bonds is 12. The number of alkyl halides is 6. The van der Waals surface area contributed by atoms with Crippen molar-refractivity contribution in [1.82, 2.24) is 5.32 Å². The number of alkyl carbamates (subject to hydrolysis) is 1. The maximum Gasteiger partial charge on any atom is 0.509 e. The number of fused-ring (bicyclic) bond motifs is 5. The molecule has 1 saturated heterocycles. The maximum atomic E-state index is 16.3. The number of aliphatic hydroxyl groups excluding tert-OH is 1. The highest BCUT2D eigenvalue weighted by molar-refractivity contribution is 6.68. The summed E-state index contributed by atoms with van der Waals surface area (Å²) in [7, 11) is 0. The van der Waals surface area contributed by atoms with Crippen molar-refractivity contribution in [3.63, 3.8) is 0 Å². The second-order valence-corrected chi connectivity index (χ2v) is 25.1. The van der Waals surface area contributed by atoms with Gasteiger partial charge in [0.25, 0.3) is 0 Å². The molecule has 11 atom stereocenters. The molecule has 3 N–H and O–H groups in total. The van der Waals surface area contributed by atoms with Gasteiger partial charge in [-0.15, -0.1) is 0 Å². The summed E-state index contributed by atoms with van der Waals surface area (Å²) < 4.78 is 47.9. The Bertz CT molecular complexity index is 2510. The number of carbonyl (C=O) groups is 7. The smallest absolute Gasteiger partial charge is 0.456 e. The van der Waals surface area contributed by atoms with Gasteiger partial charge in [0.05, 0.1) is 29.5 Å². The SMILES string of the molecule is CC(=O)O[C@@]12CO[C@@H]1C[C@H](OC(=O)OCC(Cl)(Cl)Cl)[C@@]1(C)C(=O)[C@H](OC(=O)OCC(Cl)(Cl)Cl)C3=C(C)[C@@H](OC(=O)[C@H](O)[C@@H](NC(=O)OC(C)(C)C)c4ccccc4)C[C@@](O)([C@@H](OC(=O)c4ccccc4)C12)C3(C)C. The zero-order valence-electron chi connectivity index (χ0n) is 41.1. The van der Waals surface area contributed by atoms with Crippen LogP contribution in [0.2, 0.25) is 0 Å². The number of benzene rings is 2. The van der Waals surface area contributed by atoms with Crippen molar-refractivity contribution < 1.29 is 86.4 Å². The number of esters is 3. The molecule has 0 spiro atoms. The normalized spacial score (nSPS) is 29.2. The first-order valence-corrected chi connectivity index (χ1v) is 25.2. The van der Waals surface area contributed by atoms with Gasteiger partial charge < -0.3 is 58.2 Å². The number of hydrogen-bond acceptors (Lipinski definition) is 18. The maximum absolute atomic E-state index is 16.3. The molecule has 2 aromatic carbocycles. The predicted molar refractivity (Wildman–Crippen MR) is 265 cm³/mol. The Morgan fingerprint density at radius 2 is 1.38 bits per heavy atom.